The van der Waals surface area contributed by atoms with Crippen LogP contribution in [0, 0.1) is 0 Å². The van der Waals surface area contributed by atoms with Gasteiger partial charge in [0, 0.05) is 13.6 Å². The summed E-state index contributed by atoms with van der Waals surface area (Å²) in [5.41, 5.74) is 1.05. The summed E-state index contributed by atoms with van der Waals surface area (Å²) < 4.78 is 36.5. The van der Waals surface area contributed by atoms with Crippen molar-refractivity contribution in [2.24, 2.45) is 0 Å². The smallest absolute Gasteiger partial charge is 0.406 e. The van der Waals surface area contributed by atoms with Crippen LogP contribution in [0.2, 0.25) is 0 Å². The summed E-state index contributed by atoms with van der Waals surface area (Å²) in [6.45, 7) is -1.39. The quantitative estimate of drug-likeness (QED) is 0.874. The third-order valence-electron chi connectivity index (χ3n) is 2.65. The van der Waals surface area contributed by atoms with Crippen LogP contribution in [-0.4, -0.2) is 41.8 Å². The van der Waals surface area contributed by atoms with E-state index in [1.54, 1.807) is 24.3 Å². The van der Waals surface area contributed by atoms with Crippen LogP contribution < -0.4 is 5.32 Å². The molecule has 2 amide bonds. The van der Waals surface area contributed by atoms with Crippen molar-refractivity contribution in [3.63, 3.8) is 0 Å². The molecular weight excluding hydrogens is 289 g/mol. The van der Waals surface area contributed by atoms with E-state index in [4.69, 9.17) is 5.11 Å². The number of carbonyl (C=O) groups is 2. The molecule has 8 heteroatoms. The van der Waals surface area contributed by atoms with E-state index in [9.17, 15) is 22.8 Å². The van der Waals surface area contributed by atoms with E-state index >= 15 is 0 Å². The van der Waals surface area contributed by atoms with Gasteiger partial charge in [-0.1, -0.05) is 24.3 Å². The van der Waals surface area contributed by atoms with Crippen LogP contribution >= 0.6 is 0 Å². The fourth-order valence-corrected chi connectivity index (χ4v) is 1.71. The summed E-state index contributed by atoms with van der Waals surface area (Å²) in [5.74, 6) is -1.03. The van der Waals surface area contributed by atoms with Gasteiger partial charge in [0.05, 0.1) is 6.42 Å². The first-order valence-electron chi connectivity index (χ1n) is 6.03. The zero-order valence-electron chi connectivity index (χ0n) is 11.3. The first-order chi connectivity index (χ1) is 9.69. The maximum Gasteiger partial charge on any atom is 0.406 e. The van der Waals surface area contributed by atoms with Gasteiger partial charge in [-0.05, 0) is 11.1 Å². The van der Waals surface area contributed by atoms with Gasteiger partial charge < -0.3 is 15.3 Å². The van der Waals surface area contributed by atoms with Crippen LogP contribution in [0.3, 0.4) is 0 Å². The highest BCUT2D eigenvalue weighted by atomic mass is 19.4. The van der Waals surface area contributed by atoms with Gasteiger partial charge in [-0.2, -0.15) is 13.2 Å². The number of hydrogen-bond acceptors (Lipinski definition) is 2. The number of carboxylic acids is 1. The lowest BCUT2D eigenvalue weighted by atomic mass is 10.0. The molecule has 1 aromatic carbocycles. The van der Waals surface area contributed by atoms with Gasteiger partial charge in [0.1, 0.15) is 6.54 Å². The Hall–Kier alpha value is -2.25. The molecule has 0 saturated carbocycles. The molecule has 0 aliphatic rings. The van der Waals surface area contributed by atoms with Crippen LogP contribution in [0.25, 0.3) is 0 Å². The first-order valence-corrected chi connectivity index (χ1v) is 6.03. The molecule has 116 valence electrons. The van der Waals surface area contributed by atoms with Crippen molar-refractivity contribution >= 4 is 12.0 Å². The number of urea groups is 1. The summed E-state index contributed by atoms with van der Waals surface area (Å²) in [4.78, 5) is 22.7. The monoisotopic (exact) mass is 304 g/mol. The SMILES string of the molecule is CN(CC(F)(F)F)C(=O)NCc1ccccc1CC(=O)O. The number of benzene rings is 1. The van der Waals surface area contributed by atoms with Gasteiger partial charge in [0.25, 0.3) is 0 Å². The average Bonchev–Trinajstić information content (AvgIpc) is 2.34. The molecule has 0 unspecified atom stereocenters. The standard InChI is InChI=1S/C13H15F3N2O3/c1-18(8-13(14,15)16)12(21)17-7-10-5-3-2-4-9(10)6-11(19)20/h2-5H,6-8H2,1H3,(H,17,21)(H,19,20). The van der Waals surface area contributed by atoms with Crippen molar-refractivity contribution in [3.05, 3.63) is 35.4 Å². The van der Waals surface area contributed by atoms with Gasteiger partial charge in [-0.3, -0.25) is 4.79 Å². The van der Waals surface area contributed by atoms with Gasteiger partial charge in [-0.25, -0.2) is 4.79 Å². The zero-order chi connectivity index (χ0) is 16.0. The molecule has 0 atom stereocenters. The number of carbonyl (C=O) groups excluding carboxylic acids is 1. The fraction of sp³-hybridized carbons (Fsp3) is 0.385. The number of alkyl halides is 3. The molecule has 0 spiro atoms. The second kappa shape index (κ2) is 6.96. The van der Waals surface area contributed by atoms with Crippen molar-refractivity contribution in [1.29, 1.82) is 0 Å². The van der Waals surface area contributed by atoms with E-state index < -0.39 is 24.7 Å². The molecular formula is C13H15F3N2O3. The molecule has 1 aromatic rings. The minimum absolute atomic E-state index is 0.0372. The fourth-order valence-electron chi connectivity index (χ4n) is 1.71. The van der Waals surface area contributed by atoms with Crippen molar-refractivity contribution in [3.8, 4) is 0 Å². The van der Waals surface area contributed by atoms with Crippen molar-refractivity contribution < 1.29 is 27.9 Å². The third-order valence-corrected chi connectivity index (χ3v) is 2.65. The Morgan fingerprint density at radius 2 is 1.81 bits per heavy atom. The molecule has 0 aliphatic heterocycles. The van der Waals surface area contributed by atoms with Crippen molar-refractivity contribution in [2.45, 2.75) is 19.1 Å². The Labute approximate surface area is 119 Å². The van der Waals surface area contributed by atoms with Crippen LogP contribution in [0.5, 0.6) is 0 Å². The molecule has 0 aliphatic carbocycles. The minimum Gasteiger partial charge on any atom is -0.481 e. The van der Waals surface area contributed by atoms with E-state index in [1.807, 2.05) is 0 Å². The maximum atomic E-state index is 12.2. The number of carboxylic acid groups (broad SMARTS) is 1. The van der Waals surface area contributed by atoms with E-state index in [0.29, 0.717) is 16.0 Å². The van der Waals surface area contributed by atoms with E-state index in [1.165, 1.54) is 0 Å². The summed E-state index contributed by atoms with van der Waals surface area (Å²) in [6, 6.07) is 5.64. The lowest BCUT2D eigenvalue weighted by Gasteiger charge is -2.19. The number of amides is 2. The Bertz CT molecular complexity index is 518. The van der Waals surface area contributed by atoms with Crippen molar-refractivity contribution in [2.75, 3.05) is 13.6 Å². The second-order valence-corrected chi connectivity index (χ2v) is 4.47. The lowest BCUT2D eigenvalue weighted by molar-refractivity contribution is -0.138. The Morgan fingerprint density at radius 3 is 2.33 bits per heavy atom. The van der Waals surface area contributed by atoms with E-state index in [-0.39, 0.29) is 13.0 Å². The molecule has 21 heavy (non-hydrogen) atoms. The molecule has 0 aromatic heterocycles. The maximum absolute atomic E-state index is 12.2. The lowest BCUT2D eigenvalue weighted by Crippen LogP contribution is -2.42. The number of hydrogen-bond donors (Lipinski definition) is 2. The molecule has 0 bridgehead atoms. The van der Waals surface area contributed by atoms with Gasteiger partial charge in [0.2, 0.25) is 0 Å². The summed E-state index contributed by atoms with van der Waals surface area (Å²) in [6.07, 6.45) is -4.68. The molecule has 0 heterocycles. The number of halogens is 3. The van der Waals surface area contributed by atoms with Crippen LogP contribution in [0.1, 0.15) is 11.1 Å². The molecule has 0 radical (unpaired) electrons. The zero-order valence-corrected chi connectivity index (χ0v) is 11.3. The topological polar surface area (TPSA) is 69.6 Å². The molecule has 0 fully saturated rings. The number of aliphatic carboxylic acids is 1. The van der Waals surface area contributed by atoms with Gasteiger partial charge in [0.15, 0.2) is 0 Å². The number of nitrogens with zero attached hydrogens (tertiary/aromatic N) is 1. The van der Waals surface area contributed by atoms with Crippen LogP contribution in [0.15, 0.2) is 24.3 Å². The summed E-state index contributed by atoms with van der Waals surface area (Å²) in [5, 5.41) is 11.1. The van der Waals surface area contributed by atoms with E-state index in [0.717, 1.165) is 7.05 Å². The minimum atomic E-state index is -4.46. The average molecular weight is 304 g/mol. The largest absolute Gasteiger partial charge is 0.481 e. The van der Waals surface area contributed by atoms with Gasteiger partial charge in [-0.15, -0.1) is 0 Å². The Balaban J connectivity index is 2.63. The first kappa shape index (κ1) is 16.8. The number of rotatable bonds is 5. The predicted octanol–water partition coefficient (Wildman–Crippen LogP) is 2.02. The molecule has 2 N–H and O–H groups in total. The molecule has 5 nitrogen and oxygen atoms in total. The number of nitrogens with one attached hydrogen (secondary N) is 1. The second-order valence-electron chi connectivity index (χ2n) is 4.47. The highest BCUT2D eigenvalue weighted by Gasteiger charge is 2.31. The molecule has 0 saturated heterocycles. The Kier molecular flexibility index (Phi) is 5.57. The summed E-state index contributed by atoms with van der Waals surface area (Å²) in [7, 11) is 1.03. The van der Waals surface area contributed by atoms with Crippen molar-refractivity contribution in [1.82, 2.24) is 10.2 Å². The highest BCUT2D eigenvalue weighted by molar-refractivity contribution is 5.74. The summed E-state index contributed by atoms with van der Waals surface area (Å²) >= 11 is 0. The Morgan fingerprint density at radius 1 is 1.24 bits per heavy atom. The normalized spacial score (nSPS) is 11.0. The third kappa shape index (κ3) is 6.15. The van der Waals surface area contributed by atoms with Crippen LogP contribution in [-0.2, 0) is 17.8 Å². The predicted molar refractivity (Wildman–Crippen MR) is 68.7 cm³/mol. The highest BCUT2D eigenvalue weighted by Crippen LogP contribution is 2.15. The molecule has 1 rings (SSSR count). The van der Waals surface area contributed by atoms with E-state index in [2.05, 4.69) is 5.32 Å². The van der Waals surface area contributed by atoms with Gasteiger partial charge >= 0.3 is 18.2 Å². The van der Waals surface area contributed by atoms with Crippen LogP contribution in [0.4, 0.5) is 18.0 Å².